The van der Waals surface area contributed by atoms with Crippen molar-refractivity contribution in [3.63, 3.8) is 0 Å². The van der Waals surface area contributed by atoms with Gasteiger partial charge in [-0.15, -0.1) is 0 Å². The molecule has 0 spiro atoms. The third kappa shape index (κ3) is 18.5. The van der Waals surface area contributed by atoms with Crippen molar-refractivity contribution in [2.45, 2.75) is 273 Å². The van der Waals surface area contributed by atoms with Crippen molar-refractivity contribution in [2.75, 3.05) is 39.6 Å². The monoisotopic (exact) mass is 1480 g/mol. The van der Waals surface area contributed by atoms with Crippen LogP contribution in [0.1, 0.15) is 47.5 Å². The van der Waals surface area contributed by atoms with Crippen LogP contribution in [0.4, 0.5) is 0 Å². The zero-order chi connectivity index (χ0) is 75.3. The first-order chi connectivity index (χ1) is 47.3. The number of rotatable bonds is 28. The van der Waals surface area contributed by atoms with Gasteiger partial charge in [0, 0.05) is 40.5 Å². The maximum atomic E-state index is 13.3. The van der Waals surface area contributed by atoms with E-state index >= 15 is 0 Å². The summed E-state index contributed by atoms with van der Waals surface area (Å²) in [5.41, 5.74) is 0. The Kier molecular flexibility index (Phi) is 29.3. The Morgan fingerprint density at radius 3 is 1.21 bits per heavy atom. The molecule has 0 aromatic carbocycles. The normalized spacial score (nSPS) is 44.9. The highest BCUT2D eigenvalue weighted by atomic mass is 16.8. The van der Waals surface area contributed by atoms with Crippen LogP contribution in [0.2, 0.25) is 0 Å². The highest BCUT2D eigenvalue weighted by Crippen LogP contribution is 2.42. The van der Waals surface area contributed by atoms with Crippen molar-refractivity contribution in [3.8, 4) is 0 Å². The van der Waals surface area contributed by atoms with Crippen LogP contribution in [0.3, 0.4) is 0 Å². The van der Waals surface area contributed by atoms with E-state index in [0.717, 1.165) is 27.7 Å². The fraction of sp³-hybridized carbons (Fsp3) is 0.893. The summed E-state index contributed by atoms with van der Waals surface area (Å²) < 4.78 is 76.3. The summed E-state index contributed by atoms with van der Waals surface area (Å²) in [4.78, 5) is 76.9. The fourth-order valence-electron chi connectivity index (χ4n) is 12.9. The number of aliphatic hydroxyl groups excluding tert-OH is 20. The van der Waals surface area contributed by atoms with Gasteiger partial charge in [-0.05, 0) is 6.92 Å². The van der Waals surface area contributed by atoms with Crippen LogP contribution in [0.25, 0.3) is 0 Å². The summed E-state index contributed by atoms with van der Waals surface area (Å²) in [6, 6.07) is -7.34. The molecule has 26 N–H and O–H groups in total. The molecule has 37 atom stereocenters. The number of carbonyl (C=O) groups excluding carboxylic acids is 4. The first-order valence-electron chi connectivity index (χ1n) is 31.7. The van der Waals surface area contributed by atoms with Crippen molar-refractivity contribution in [2.24, 2.45) is 0 Å². The topological polar surface area (TPSA) is 716 Å². The third-order valence-electron chi connectivity index (χ3n) is 18.0. The van der Waals surface area contributed by atoms with Crippen molar-refractivity contribution < 1.29 is 203 Å². The van der Waals surface area contributed by atoms with E-state index < -0.39 is 314 Å². The molecule has 0 aliphatic carbocycles. The first-order valence-corrected chi connectivity index (χ1v) is 31.7. The fourth-order valence-corrected chi connectivity index (χ4v) is 12.9. The molecule has 0 aromatic heterocycles. The Labute approximate surface area is 571 Å². The van der Waals surface area contributed by atoms with E-state index in [9.17, 15) is 141 Å². The van der Waals surface area contributed by atoms with Gasteiger partial charge in [-0.25, -0.2) is 9.59 Å². The highest BCUT2D eigenvalue weighted by Gasteiger charge is 2.64. The van der Waals surface area contributed by atoms with Crippen LogP contribution in [-0.4, -0.2) is 413 Å². The smallest absolute Gasteiger partial charge is 0.364 e. The highest BCUT2D eigenvalue weighted by molar-refractivity contribution is 5.78. The minimum absolute atomic E-state index is 0.864. The molecule has 4 amide bonds. The Morgan fingerprint density at radius 1 is 0.426 bits per heavy atom. The molecule has 7 aliphatic rings. The van der Waals surface area contributed by atoms with Crippen LogP contribution < -0.4 is 21.3 Å². The largest absolute Gasteiger partial charge is 0.477 e. The van der Waals surface area contributed by atoms with Gasteiger partial charge in [0.2, 0.25) is 23.6 Å². The average molecular weight is 1480 g/mol. The number of aliphatic hydroxyl groups is 20. The van der Waals surface area contributed by atoms with E-state index in [1.165, 1.54) is 6.92 Å². The minimum atomic E-state index is -3.30. The van der Waals surface area contributed by atoms with Gasteiger partial charge in [-0.3, -0.25) is 19.2 Å². The number of ether oxygens (including phenoxy) is 13. The van der Waals surface area contributed by atoms with Crippen LogP contribution in [0, 0.1) is 0 Å². The molecule has 7 saturated heterocycles. The number of carbonyl (C=O) groups is 6. The van der Waals surface area contributed by atoms with Crippen molar-refractivity contribution in [1.29, 1.82) is 0 Å². The lowest BCUT2D eigenvalue weighted by atomic mass is 9.88. The van der Waals surface area contributed by atoms with Gasteiger partial charge in [0.05, 0.1) is 70.0 Å². The second-order valence-electron chi connectivity index (χ2n) is 25.4. The van der Waals surface area contributed by atoms with E-state index in [4.69, 9.17) is 61.6 Å². The third-order valence-corrected chi connectivity index (χ3v) is 18.0. The predicted molar refractivity (Wildman–Crippen MR) is 311 cm³/mol. The lowest BCUT2D eigenvalue weighted by molar-refractivity contribution is -0.392. The standard InChI is InChI=1S/C56H92N4O41/c1-14-31(74)37(80)38(81)50(90-14)97-45-30(60-18(5)69)49(94-25(12-65)41(45)95-51-39(82)46(34(77)23(10-63)92-51)100-55(53(85)86)6-19(70)27(57-15(2)66)43(98-55)32(75)21(72)8-61)89-13-26-36(79)42(29(48(84)91-26)59-17(4)68)96-52-40(83)47(35(78)24(11-64)93-52)101-56(54(87)88)7-20(71)28(58-16(3)67)44(99-56)33(76)22(73)9-62/h14,19-52,61-65,70-84H,6-13H2,1-5H3,(H,57,66)(H,58,67)(H,59,68)(H,60,69)(H,85,86)(H,87,88)/t14-,19-,20-,21+,22+,23+,24+,25+,26+,27+,28+,29+,30+,31+,32+,33+,34-,35-,36-,37+,38-,39+,40+,41+,42+,43+,44+,45+,46-,47-,48?,49?,50?,51?,52?,55?,56?/m0/s1. The van der Waals surface area contributed by atoms with E-state index in [1.807, 2.05) is 0 Å². The number of hydrogen-bond donors (Lipinski definition) is 26. The van der Waals surface area contributed by atoms with Gasteiger partial charge in [0.25, 0.3) is 11.6 Å². The second-order valence-corrected chi connectivity index (χ2v) is 25.4. The molecular formula is C56H92N4O41. The summed E-state index contributed by atoms with van der Waals surface area (Å²) in [6.45, 7) is -2.13. The molecule has 7 fully saturated rings. The molecule has 0 radical (unpaired) electrons. The molecule has 101 heavy (non-hydrogen) atoms. The zero-order valence-electron chi connectivity index (χ0n) is 54.5. The zero-order valence-corrected chi connectivity index (χ0v) is 54.5. The minimum Gasteiger partial charge on any atom is -0.477 e. The van der Waals surface area contributed by atoms with Crippen LogP contribution in [-0.2, 0) is 90.3 Å². The molecule has 0 aromatic rings. The second kappa shape index (κ2) is 35.3. The molecule has 7 rings (SSSR count). The Morgan fingerprint density at radius 2 is 0.802 bits per heavy atom. The molecule has 0 bridgehead atoms. The number of hydrogen-bond acceptors (Lipinski definition) is 39. The summed E-state index contributed by atoms with van der Waals surface area (Å²) in [5, 5.41) is 251. The molecular weight excluding hydrogens is 1380 g/mol. The number of carboxylic acids is 2. The van der Waals surface area contributed by atoms with Gasteiger partial charge in [0.1, 0.15) is 152 Å². The van der Waals surface area contributed by atoms with Gasteiger partial charge in [-0.2, -0.15) is 0 Å². The summed E-state index contributed by atoms with van der Waals surface area (Å²) in [5.74, 6) is -14.5. The van der Waals surface area contributed by atoms with E-state index in [2.05, 4.69) is 21.3 Å². The molecule has 7 aliphatic heterocycles. The molecule has 7 heterocycles. The van der Waals surface area contributed by atoms with Gasteiger partial charge in [-0.1, -0.05) is 0 Å². The lowest BCUT2D eigenvalue weighted by Gasteiger charge is -2.52. The number of carboxylic acid groups (broad SMARTS) is 2. The number of amides is 4. The van der Waals surface area contributed by atoms with E-state index in [0.29, 0.717) is 0 Å². The predicted octanol–water partition coefficient (Wildman–Crippen LogP) is -16.3. The van der Waals surface area contributed by atoms with E-state index in [1.54, 1.807) is 0 Å². The number of aliphatic carboxylic acids is 2. The van der Waals surface area contributed by atoms with Crippen molar-refractivity contribution in [3.05, 3.63) is 0 Å². The molecule has 7 unspecified atom stereocenters. The maximum absolute atomic E-state index is 13.3. The molecule has 45 nitrogen and oxygen atoms in total. The molecule has 0 saturated carbocycles. The Balaban J connectivity index is 1.20. The van der Waals surface area contributed by atoms with Gasteiger partial charge >= 0.3 is 11.9 Å². The SMILES string of the molecule is CC(=O)N[C@H]1[C@H]([C@H](O)[C@H](O)CO)OC(O[C@H]2[C@@H](O)[C@@H](CO)OC(O[C@H]3[C@H](OC4O[C@@H](C)[C@@H](O)[C@@H](O)[C@@H]4O)[C@@H](NC(C)=O)C(OC[C@H]4OC(O)[C@H](NC(C)=O)[C@@H](OC5O[C@H](CO)[C@H](O)[C@H](OC6(C(=O)O)C[C@H](O)[C@@H](NC(C)=O)[C@H]([C@H](O)[C@H](O)CO)O6)[C@H]5O)[C@H]4O)O[C@@H]3CO)[C@@H]2O)(C(=O)O)C[C@@H]1O. The first kappa shape index (κ1) is 83.8. The Bertz CT molecular complexity index is 2760. The summed E-state index contributed by atoms with van der Waals surface area (Å²) in [7, 11) is 0. The van der Waals surface area contributed by atoms with Crippen LogP contribution in [0.5, 0.6) is 0 Å². The van der Waals surface area contributed by atoms with Crippen molar-refractivity contribution >= 4 is 35.6 Å². The van der Waals surface area contributed by atoms with Gasteiger partial charge in [0.15, 0.2) is 31.5 Å². The summed E-state index contributed by atoms with van der Waals surface area (Å²) in [6.07, 6.45) is -69.4. The summed E-state index contributed by atoms with van der Waals surface area (Å²) >= 11 is 0. The average Bonchev–Trinajstić information content (AvgIpc) is 0.759. The Hall–Kier alpha value is -4.50. The molecule has 582 valence electrons. The molecule has 45 heteroatoms. The quantitative estimate of drug-likeness (QED) is 0.0346. The van der Waals surface area contributed by atoms with Crippen molar-refractivity contribution in [1.82, 2.24) is 21.3 Å². The van der Waals surface area contributed by atoms with Gasteiger partial charge < -0.3 is 195 Å². The van der Waals surface area contributed by atoms with Crippen LogP contribution in [0.15, 0.2) is 0 Å². The lowest BCUT2D eigenvalue weighted by Crippen LogP contribution is -2.72. The van der Waals surface area contributed by atoms with E-state index in [-0.39, 0.29) is 0 Å². The maximum Gasteiger partial charge on any atom is 0.364 e. The van der Waals surface area contributed by atoms with Crippen LogP contribution >= 0.6 is 0 Å². The number of nitrogens with one attached hydrogen (secondary N) is 4.